The largest absolute Gasteiger partial charge is 0.305 e. The van der Waals surface area contributed by atoms with E-state index in [-0.39, 0.29) is 22.9 Å². The average molecular weight is 367 g/mol. The molecule has 6 nitrogen and oxygen atoms in total. The van der Waals surface area contributed by atoms with Gasteiger partial charge in [-0.15, -0.1) is 0 Å². The number of Topliss-reactive ketones (excluding diaryl/α,β-unsaturated/α-hetero) is 1. The Kier molecular flexibility index (Phi) is 5.24. The first-order valence-corrected chi connectivity index (χ1v) is 8.18. The van der Waals surface area contributed by atoms with Gasteiger partial charge in [0.2, 0.25) is 5.78 Å². The topological polar surface area (TPSA) is 87.2 Å². The molecule has 3 rings (SSSR count). The Hall–Kier alpha value is -3.25. The Bertz CT molecular complexity index is 1010. The maximum absolute atomic E-state index is 12.9. The number of aryl methyl sites for hydroxylation is 1. The fourth-order valence-electron chi connectivity index (χ4n) is 2.27. The number of para-hydroxylation sites is 1. The van der Waals surface area contributed by atoms with Crippen LogP contribution in [0.1, 0.15) is 21.9 Å². The number of hydrazone groups is 1. The summed E-state index contributed by atoms with van der Waals surface area (Å²) >= 11 is 5.88. The lowest BCUT2D eigenvalue weighted by atomic mass is 10.1. The minimum atomic E-state index is -0.390. The predicted molar refractivity (Wildman–Crippen MR) is 102 cm³/mol. The number of rotatable bonds is 5. The van der Waals surface area contributed by atoms with E-state index in [1.807, 2.05) is 18.2 Å². The lowest BCUT2D eigenvalue weighted by Gasteiger charge is -2.07. The monoisotopic (exact) mass is 366 g/mol. The number of anilines is 1. The quantitative estimate of drug-likeness (QED) is 0.411. The number of hydrogen-bond acceptors (Lipinski definition) is 5. The normalized spacial score (nSPS) is 11.2. The Morgan fingerprint density at radius 3 is 2.46 bits per heavy atom. The van der Waals surface area contributed by atoms with Gasteiger partial charge in [0.05, 0.1) is 5.69 Å². The number of hydrogen-bond donors (Lipinski definition) is 2. The zero-order chi connectivity index (χ0) is 18.5. The van der Waals surface area contributed by atoms with Crippen LogP contribution in [-0.4, -0.2) is 21.5 Å². The molecular weight excluding hydrogens is 352 g/mol. The molecule has 0 amide bonds. The summed E-state index contributed by atoms with van der Waals surface area (Å²) in [6.45, 7) is 1.67. The van der Waals surface area contributed by atoms with Gasteiger partial charge in [0.15, 0.2) is 11.5 Å². The van der Waals surface area contributed by atoms with Gasteiger partial charge in [-0.05, 0) is 43.3 Å². The molecule has 0 aliphatic carbocycles. The number of aromatic amines is 1. The third kappa shape index (κ3) is 4.23. The van der Waals surface area contributed by atoms with Gasteiger partial charge in [-0.1, -0.05) is 29.8 Å². The van der Waals surface area contributed by atoms with Gasteiger partial charge < -0.3 is 4.98 Å². The third-order valence-corrected chi connectivity index (χ3v) is 3.74. The Labute approximate surface area is 154 Å². The van der Waals surface area contributed by atoms with E-state index < -0.39 is 0 Å². The molecule has 0 atom stereocenters. The van der Waals surface area contributed by atoms with E-state index in [9.17, 15) is 9.59 Å². The highest BCUT2D eigenvalue weighted by Gasteiger charge is 2.19. The number of benzene rings is 2. The Balaban J connectivity index is 2.04. The van der Waals surface area contributed by atoms with Crippen molar-refractivity contribution in [1.29, 1.82) is 0 Å². The summed E-state index contributed by atoms with van der Waals surface area (Å²) in [7, 11) is 0. The molecule has 2 N–H and O–H groups in total. The SMILES string of the molecule is Cc1cc(=O)[nH]c(/C(=N/Nc2ccccc2)C(=O)c2ccc(Cl)cc2)n1. The summed E-state index contributed by atoms with van der Waals surface area (Å²) in [4.78, 5) is 31.5. The van der Waals surface area contributed by atoms with Crippen LogP contribution in [0.5, 0.6) is 0 Å². The third-order valence-electron chi connectivity index (χ3n) is 3.49. The van der Waals surface area contributed by atoms with Gasteiger partial charge in [-0.2, -0.15) is 5.10 Å². The minimum absolute atomic E-state index is 0.00280. The second-order valence-corrected chi connectivity index (χ2v) is 5.95. The van der Waals surface area contributed by atoms with Crippen LogP contribution < -0.4 is 11.0 Å². The highest BCUT2D eigenvalue weighted by molar-refractivity contribution is 6.50. The maximum atomic E-state index is 12.9. The number of halogens is 1. The van der Waals surface area contributed by atoms with Crippen LogP contribution in [0.25, 0.3) is 0 Å². The number of nitrogens with one attached hydrogen (secondary N) is 2. The lowest BCUT2D eigenvalue weighted by Crippen LogP contribution is -2.24. The van der Waals surface area contributed by atoms with Crippen LogP contribution in [0.3, 0.4) is 0 Å². The maximum Gasteiger partial charge on any atom is 0.251 e. The summed E-state index contributed by atoms with van der Waals surface area (Å²) < 4.78 is 0. The van der Waals surface area contributed by atoms with E-state index in [0.717, 1.165) is 0 Å². The molecule has 3 aromatic rings. The number of carbonyl (C=O) groups excluding carboxylic acids is 1. The molecule has 2 aromatic carbocycles. The highest BCUT2D eigenvalue weighted by atomic mass is 35.5. The number of nitrogens with zero attached hydrogens (tertiary/aromatic N) is 2. The molecule has 7 heteroatoms. The number of carbonyl (C=O) groups is 1. The van der Waals surface area contributed by atoms with Crippen molar-refractivity contribution in [3.63, 3.8) is 0 Å². The van der Waals surface area contributed by atoms with Crippen molar-refractivity contribution in [2.24, 2.45) is 5.10 Å². The van der Waals surface area contributed by atoms with Crippen LogP contribution in [0, 0.1) is 6.92 Å². The van der Waals surface area contributed by atoms with Crippen molar-refractivity contribution in [3.8, 4) is 0 Å². The van der Waals surface area contributed by atoms with Crippen LogP contribution in [0.4, 0.5) is 5.69 Å². The van der Waals surface area contributed by atoms with E-state index in [0.29, 0.717) is 22.0 Å². The molecule has 0 saturated heterocycles. The second kappa shape index (κ2) is 7.76. The van der Waals surface area contributed by atoms with Gasteiger partial charge in [-0.3, -0.25) is 15.0 Å². The fourth-order valence-corrected chi connectivity index (χ4v) is 2.40. The summed E-state index contributed by atoms with van der Waals surface area (Å²) in [6, 6.07) is 16.9. The second-order valence-electron chi connectivity index (χ2n) is 5.51. The Morgan fingerprint density at radius 2 is 1.81 bits per heavy atom. The molecule has 0 fully saturated rings. The molecule has 0 aliphatic heterocycles. The van der Waals surface area contributed by atoms with Crippen LogP contribution in [0.2, 0.25) is 5.02 Å². The van der Waals surface area contributed by atoms with Gasteiger partial charge in [-0.25, -0.2) is 4.98 Å². The van der Waals surface area contributed by atoms with Crippen LogP contribution in [-0.2, 0) is 0 Å². The van der Waals surface area contributed by atoms with E-state index in [1.54, 1.807) is 43.3 Å². The van der Waals surface area contributed by atoms with Gasteiger partial charge in [0, 0.05) is 22.3 Å². The zero-order valence-electron chi connectivity index (χ0n) is 13.9. The van der Waals surface area contributed by atoms with Crippen molar-refractivity contribution in [1.82, 2.24) is 9.97 Å². The van der Waals surface area contributed by atoms with Gasteiger partial charge in [0.25, 0.3) is 5.56 Å². The molecule has 0 aliphatic rings. The zero-order valence-corrected chi connectivity index (χ0v) is 14.6. The molecule has 0 saturated carbocycles. The molecule has 1 aromatic heterocycles. The van der Waals surface area contributed by atoms with E-state index in [2.05, 4.69) is 20.5 Å². The average Bonchev–Trinajstić information content (AvgIpc) is 2.62. The van der Waals surface area contributed by atoms with Crippen LogP contribution in [0.15, 0.2) is 70.6 Å². The number of ketones is 1. The van der Waals surface area contributed by atoms with Crippen molar-refractivity contribution < 1.29 is 4.79 Å². The molecule has 130 valence electrons. The first kappa shape index (κ1) is 17.6. The summed E-state index contributed by atoms with van der Waals surface area (Å²) in [6.07, 6.45) is 0. The molecular formula is C19H15ClN4O2. The van der Waals surface area contributed by atoms with Crippen molar-refractivity contribution >= 4 is 28.8 Å². The van der Waals surface area contributed by atoms with Crippen LogP contribution >= 0.6 is 11.6 Å². The summed E-state index contributed by atoms with van der Waals surface area (Å²) in [5.74, 6) is -0.294. The smallest absolute Gasteiger partial charge is 0.251 e. The summed E-state index contributed by atoms with van der Waals surface area (Å²) in [5.41, 5.74) is 4.03. The molecule has 0 spiro atoms. The summed E-state index contributed by atoms with van der Waals surface area (Å²) in [5, 5.41) is 4.71. The lowest BCUT2D eigenvalue weighted by molar-refractivity contribution is 0.106. The highest BCUT2D eigenvalue weighted by Crippen LogP contribution is 2.13. The number of aromatic nitrogens is 2. The van der Waals surface area contributed by atoms with Crippen molar-refractivity contribution in [2.45, 2.75) is 6.92 Å². The molecule has 0 unspecified atom stereocenters. The Morgan fingerprint density at radius 1 is 1.12 bits per heavy atom. The first-order chi connectivity index (χ1) is 12.5. The van der Waals surface area contributed by atoms with Crippen molar-refractivity contribution in [3.05, 3.63) is 93.1 Å². The van der Waals surface area contributed by atoms with E-state index >= 15 is 0 Å². The molecule has 0 radical (unpaired) electrons. The standard InChI is InChI=1S/C19H15ClN4O2/c1-12-11-16(25)22-19(21-12)17(24-23-15-5-3-2-4-6-15)18(26)13-7-9-14(20)10-8-13/h2-11,23H,1H3,(H,21,22,25)/b24-17+. The molecule has 0 bridgehead atoms. The van der Waals surface area contributed by atoms with Gasteiger partial charge in [0.1, 0.15) is 0 Å². The minimum Gasteiger partial charge on any atom is -0.305 e. The van der Waals surface area contributed by atoms with Gasteiger partial charge >= 0.3 is 0 Å². The fraction of sp³-hybridized carbons (Fsp3) is 0.0526. The predicted octanol–water partition coefficient (Wildman–Crippen LogP) is 3.43. The molecule has 1 heterocycles. The first-order valence-electron chi connectivity index (χ1n) is 7.80. The van der Waals surface area contributed by atoms with Crippen molar-refractivity contribution in [2.75, 3.05) is 5.43 Å². The number of H-pyrrole nitrogens is 1. The van der Waals surface area contributed by atoms with E-state index in [4.69, 9.17) is 11.6 Å². The van der Waals surface area contributed by atoms with E-state index in [1.165, 1.54) is 6.07 Å². The molecule has 26 heavy (non-hydrogen) atoms.